The summed E-state index contributed by atoms with van der Waals surface area (Å²) in [6.07, 6.45) is 0.388. The molecule has 2 fully saturated rings. The SMILES string of the molecule is Cc1nnc([C@@H]2CN(C(=O)[C@@H]3C[C@H]3c3cccc(F)c3)CCO2)o1. The standard InChI is InChI=1S/C17H18FN3O3/c1-10-19-20-16(24-10)15-9-21(5-6-23-15)17(22)14-8-13(14)11-3-2-4-12(18)7-11/h2-4,7,13-15H,5-6,8-9H2,1H3/t13-,14+,15-/m0/s1. The van der Waals surface area contributed by atoms with Crippen molar-refractivity contribution >= 4 is 5.91 Å². The van der Waals surface area contributed by atoms with E-state index in [2.05, 4.69) is 10.2 Å². The minimum atomic E-state index is -0.379. The zero-order valence-corrected chi connectivity index (χ0v) is 13.3. The van der Waals surface area contributed by atoms with Gasteiger partial charge in [-0.1, -0.05) is 12.1 Å². The molecule has 24 heavy (non-hydrogen) atoms. The van der Waals surface area contributed by atoms with Gasteiger partial charge in [0.2, 0.25) is 17.7 Å². The third-order valence-electron chi connectivity index (χ3n) is 4.58. The van der Waals surface area contributed by atoms with Crippen LogP contribution in [-0.4, -0.2) is 40.7 Å². The summed E-state index contributed by atoms with van der Waals surface area (Å²) in [6.45, 7) is 3.12. The highest BCUT2D eigenvalue weighted by molar-refractivity contribution is 5.83. The van der Waals surface area contributed by atoms with Gasteiger partial charge in [0, 0.05) is 19.4 Å². The number of ether oxygens (including phenoxy) is 1. The van der Waals surface area contributed by atoms with Crippen LogP contribution in [0, 0.1) is 18.7 Å². The number of benzene rings is 1. The molecule has 126 valence electrons. The van der Waals surface area contributed by atoms with Crippen molar-refractivity contribution in [1.82, 2.24) is 15.1 Å². The Bertz CT molecular complexity index is 763. The molecule has 3 atom stereocenters. The average Bonchev–Trinajstić information content (AvgIpc) is 3.28. The number of nitrogens with zero attached hydrogens (tertiary/aromatic N) is 3. The van der Waals surface area contributed by atoms with Gasteiger partial charge in [-0.05, 0) is 30.0 Å². The van der Waals surface area contributed by atoms with E-state index in [1.165, 1.54) is 12.1 Å². The minimum absolute atomic E-state index is 0.0741. The molecule has 1 aromatic heterocycles. The molecule has 1 aliphatic carbocycles. The highest BCUT2D eigenvalue weighted by Gasteiger charge is 2.46. The van der Waals surface area contributed by atoms with Gasteiger partial charge in [0.25, 0.3) is 0 Å². The van der Waals surface area contributed by atoms with Crippen molar-refractivity contribution in [1.29, 1.82) is 0 Å². The van der Waals surface area contributed by atoms with Gasteiger partial charge in [0.05, 0.1) is 13.2 Å². The summed E-state index contributed by atoms with van der Waals surface area (Å²) in [5, 5.41) is 7.78. The third-order valence-corrected chi connectivity index (χ3v) is 4.58. The molecule has 1 aliphatic heterocycles. The summed E-state index contributed by atoms with van der Waals surface area (Å²) < 4.78 is 24.4. The minimum Gasteiger partial charge on any atom is -0.423 e. The highest BCUT2D eigenvalue weighted by atomic mass is 19.1. The normalized spacial score (nSPS) is 26.4. The number of halogens is 1. The lowest BCUT2D eigenvalue weighted by Crippen LogP contribution is -2.43. The molecule has 7 heteroatoms. The van der Waals surface area contributed by atoms with Crippen molar-refractivity contribution in [3.05, 3.63) is 47.4 Å². The van der Waals surface area contributed by atoms with Crippen molar-refractivity contribution in [3.8, 4) is 0 Å². The van der Waals surface area contributed by atoms with Crippen LogP contribution in [0.5, 0.6) is 0 Å². The van der Waals surface area contributed by atoms with Gasteiger partial charge in [-0.2, -0.15) is 0 Å². The quantitative estimate of drug-likeness (QED) is 0.863. The Hall–Kier alpha value is -2.28. The molecule has 6 nitrogen and oxygen atoms in total. The molecule has 1 saturated heterocycles. The van der Waals surface area contributed by atoms with E-state index < -0.39 is 0 Å². The van der Waals surface area contributed by atoms with Gasteiger partial charge in [0.1, 0.15) is 5.82 Å². The number of carbonyl (C=O) groups is 1. The monoisotopic (exact) mass is 331 g/mol. The van der Waals surface area contributed by atoms with Crippen LogP contribution < -0.4 is 0 Å². The zero-order valence-electron chi connectivity index (χ0n) is 13.3. The third kappa shape index (κ3) is 2.91. The lowest BCUT2D eigenvalue weighted by molar-refractivity contribution is -0.141. The van der Waals surface area contributed by atoms with E-state index >= 15 is 0 Å². The molecule has 0 spiro atoms. The van der Waals surface area contributed by atoms with Crippen LogP contribution in [0.25, 0.3) is 0 Å². The van der Waals surface area contributed by atoms with E-state index in [9.17, 15) is 9.18 Å². The Morgan fingerprint density at radius 3 is 3.00 bits per heavy atom. The fourth-order valence-corrected chi connectivity index (χ4v) is 3.25. The number of hydrogen-bond acceptors (Lipinski definition) is 5. The number of amides is 1. The fraction of sp³-hybridized carbons (Fsp3) is 0.471. The Morgan fingerprint density at radius 1 is 1.38 bits per heavy atom. The first-order chi connectivity index (χ1) is 11.6. The maximum Gasteiger partial charge on any atom is 0.246 e. The maximum absolute atomic E-state index is 13.3. The average molecular weight is 331 g/mol. The van der Waals surface area contributed by atoms with E-state index in [0.717, 1.165) is 12.0 Å². The molecule has 1 aromatic carbocycles. The van der Waals surface area contributed by atoms with E-state index in [1.54, 1.807) is 17.9 Å². The number of aryl methyl sites for hydroxylation is 1. The second kappa shape index (κ2) is 5.98. The van der Waals surface area contributed by atoms with E-state index in [0.29, 0.717) is 31.5 Å². The summed E-state index contributed by atoms with van der Waals surface area (Å²) in [4.78, 5) is 14.5. The Balaban J connectivity index is 1.42. The molecular formula is C17H18FN3O3. The number of morpholine rings is 1. The predicted octanol–water partition coefficient (Wildman–Crippen LogP) is 2.22. The van der Waals surface area contributed by atoms with Crippen LogP contribution in [0.1, 0.15) is 35.8 Å². The van der Waals surface area contributed by atoms with Gasteiger partial charge in [-0.25, -0.2) is 4.39 Å². The number of hydrogen-bond donors (Lipinski definition) is 0. The van der Waals surface area contributed by atoms with Crippen molar-refractivity contribution < 1.29 is 18.3 Å². The number of carbonyl (C=O) groups excluding carboxylic acids is 1. The van der Waals surface area contributed by atoms with Crippen LogP contribution >= 0.6 is 0 Å². The lowest BCUT2D eigenvalue weighted by atomic mass is 10.1. The summed E-state index contributed by atoms with van der Waals surface area (Å²) in [5.41, 5.74) is 0.894. The molecule has 0 N–H and O–H groups in total. The summed E-state index contributed by atoms with van der Waals surface area (Å²) in [6, 6.07) is 6.50. The van der Waals surface area contributed by atoms with Gasteiger partial charge < -0.3 is 14.1 Å². The molecule has 1 amide bonds. The van der Waals surface area contributed by atoms with Gasteiger partial charge in [0.15, 0.2) is 6.10 Å². The summed E-state index contributed by atoms with van der Waals surface area (Å²) >= 11 is 0. The summed E-state index contributed by atoms with van der Waals surface area (Å²) in [5.74, 6) is 0.751. The van der Waals surface area contributed by atoms with E-state index in [1.807, 2.05) is 6.07 Å². The number of rotatable bonds is 3. The smallest absolute Gasteiger partial charge is 0.246 e. The van der Waals surface area contributed by atoms with E-state index in [-0.39, 0.29) is 29.7 Å². The first kappa shape index (κ1) is 15.3. The largest absolute Gasteiger partial charge is 0.423 e. The van der Waals surface area contributed by atoms with Crippen LogP contribution in [0.15, 0.2) is 28.7 Å². The van der Waals surface area contributed by atoms with Crippen LogP contribution in [0.3, 0.4) is 0 Å². The van der Waals surface area contributed by atoms with Crippen LogP contribution in [0.2, 0.25) is 0 Å². The van der Waals surface area contributed by atoms with E-state index in [4.69, 9.17) is 9.15 Å². The molecule has 2 aliphatic rings. The van der Waals surface area contributed by atoms with Crippen molar-refractivity contribution in [2.45, 2.75) is 25.4 Å². The Morgan fingerprint density at radius 2 is 2.25 bits per heavy atom. The topological polar surface area (TPSA) is 68.5 Å². The van der Waals surface area contributed by atoms with Crippen molar-refractivity contribution in [3.63, 3.8) is 0 Å². The molecule has 2 heterocycles. The molecular weight excluding hydrogens is 313 g/mol. The fourth-order valence-electron chi connectivity index (χ4n) is 3.25. The molecule has 4 rings (SSSR count). The molecule has 1 saturated carbocycles. The first-order valence-electron chi connectivity index (χ1n) is 8.07. The lowest BCUT2D eigenvalue weighted by Gasteiger charge is -2.31. The second-order valence-corrected chi connectivity index (χ2v) is 6.31. The van der Waals surface area contributed by atoms with Gasteiger partial charge in [-0.3, -0.25) is 4.79 Å². The molecule has 2 aromatic rings. The maximum atomic E-state index is 13.3. The van der Waals surface area contributed by atoms with Gasteiger partial charge >= 0.3 is 0 Å². The van der Waals surface area contributed by atoms with Crippen LogP contribution in [-0.2, 0) is 9.53 Å². The van der Waals surface area contributed by atoms with Crippen molar-refractivity contribution in [2.24, 2.45) is 5.92 Å². The molecule has 0 bridgehead atoms. The zero-order chi connectivity index (χ0) is 16.7. The van der Waals surface area contributed by atoms with Gasteiger partial charge in [-0.15, -0.1) is 10.2 Å². The number of aromatic nitrogens is 2. The predicted molar refractivity (Wildman–Crippen MR) is 81.6 cm³/mol. The first-order valence-corrected chi connectivity index (χ1v) is 8.07. The highest BCUT2D eigenvalue weighted by Crippen LogP contribution is 2.48. The summed E-state index contributed by atoms with van der Waals surface area (Å²) in [7, 11) is 0. The Labute approximate surface area is 138 Å². The Kier molecular flexibility index (Phi) is 3.80. The molecule has 0 radical (unpaired) electrons. The van der Waals surface area contributed by atoms with Crippen molar-refractivity contribution in [2.75, 3.05) is 19.7 Å². The molecule has 0 unspecified atom stereocenters. The second-order valence-electron chi connectivity index (χ2n) is 6.31. The van der Waals surface area contributed by atoms with Crippen LogP contribution in [0.4, 0.5) is 4.39 Å².